The number of nitrogens with one attached hydrogen (secondary N) is 1. The predicted octanol–water partition coefficient (Wildman–Crippen LogP) is 3.46. The highest BCUT2D eigenvalue weighted by molar-refractivity contribution is 7.93. The van der Waals surface area contributed by atoms with Crippen LogP contribution in [0.5, 0.6) is 0 Å². The van der Waals surface area contributed by atoms with Gasteiger partial charge in [0.1, 0.15) is 4.21 Å². The molecule has 1 saturated heterocycles. The van der Waals surface area contributed by atoms with Crippen LogP contribution in [0, 0.1) is 5.92 Å². The Balaban J connectivity index is 0.00000261. The summed E-state index contributed by atoms with van der Waals surface area (Å²) in [5.41, 5.74) is 0. The summed E-state index contributed by atoms with van der Waals surface area (Å²) >= 11 is 1.06. The molecule has 2 aromatic rings. The zero-order valence-corrected chi connectivity index (χ0v) is 17.7. The molecule has 0 atom stereocenters. The molecule has 5 nitrogen and oxygen atoms in total. The monoisotopic (exact) mass is 428 g/mol. The fourth-order valence-electron chi connectivity index (χ4n) is 3.14. The van der Waals surface area contributed by atoms with Crippen molar-refractivity contribution in [3.63, 3.8) is 0 Å². The first-order valence-corrected chi connectivity index (χ1v) is 11.2. The molecule has 1 aliphatic rings. The van der Waals surface area contributed by atoms with Crippen LogP contribution in [0.3, 0.4) is 0 Å². The Hall–Kier alpha value is -1.41. The molecule has 1 fully saturated rings. The van der Waals surface area contributed by atoms with Gasteiger partial charge in [-0.05, 0) is 56.1 Å². The maximum atomic E-state index is 12.7. The van der Waals surface area contributed by atoms with Crippen LogP contribution >= 0.6 is 23.7 Å². The van der Waals surface area contributed by atoms with Gasteiger partial charge in [-0.25, -0.2) is 8.42 Å². The van der Waals surface area contributed by atoms with Crippen molar-refractivity contribution in [3.8, 4) is 0 Å². The van der Waals surface area contributed by atoms with Gasteiger partial charge in [-0.3, -0.25) is 4.79 Å². The SMILES string of the molecule is CCNCC1CCN(C(=O)c2ccc(S(=O)(=O)c3ccccc3)s2)CC1.Cl. The van der Waals surface area contributed by atoms with Crippen molar-refractivity contribution in [2.45, 2.75) is 28.9 Å². The molecule has 3 rings (SSSR count). The molecule has 0 saturated carbocycles. The number of carbonyl (C=O) groups excluding carboxylic acids is 1. The van der Waals surface area contributed by atoms with E-state index in [1.54, 1.807) is 36.4 Å². The van der Waals surface area contributed by atoms with Gasteiger partial charge in [0, 0.05) is 13.1 Å². The summed E-state index contributed by atoms with van der Waals surface area (Å²) in [4.78, 5) is 15.3. The van der Waals surface area contributed by atoms with Gasteiger partial charge < -0.3 is 10.2 Å². The average Bonchev–Trinajstić information content (AvgIpc) is 3.18. The van der Waals surface area contributed by atoms with E-state index < -0.39 is 9.84 Å². The molecule has 0 bridgehead atoms. The predicted molar refractivity (Wildman–Crippen MR) is 111 cm³/mol. The van der Waals surface area contributed by atoms with Crippen LogP contribution in [0.4, 0.5) is 0 Å². The molecular formula is C19H25ClN2O3S2. The quantitative estimate of drug-likeness (QED) is 0.765. The maximum absolute atomic E-state index is 12.7. The van der Waals surface area contributed by atoms with E-state index in [1.807, 2.05) is 4.90 Å². The highest BCUT2D eigenvalue weighted by atomic mass is 35.5. The van der Waals surface area contributed by atoms with Gasteiger partial charge in [0.2, 0.25) is 9.84 Å². The first kappa shape index (κ1) is 21.9. The fraction of sp³-hybridized carbons (Fsp3) is 0.421. The van der Waals surface area contributed by atoms with Gasteiger partial charge in [0.15, 0.2) is 0 Å². The summed E-state index contributed by atoms with van der Waals surface area (Å²) in [6, 6.07) is 11.5. The summed E-state index contributed by atoms with van der Waals surface area (Å²) in [6.45, 7) is 5.52. The molecule has 1 aromatic carbocycles. The lowest BCUT2D eigenvalue weighted by Gasteiger charge is -2.31. The number of likely N-dealkylation sites (tertiary alicyclic amines) is 1. The van der Waals surface area contributed by atoms with Gasteiger partial charge in [-0.1, -0.05) is 25.1 Å². The van der Waals surface area contributed by atoms with Crippen LogP contribution < -0.4 is 5.32 Å². The van der Waals surface area contributed by atoms with Gasteiger partial charge >= 0.3 is 0 Å². The normalized spacial score (nSPS) is 15.4. The zero-order chi connectivity index (χ0) is 18.6. The highest BCUT2D eigenvalue weighted by Crippen LogP contribution is 2.29. The fourth-order valence-corrected chi connectivity index (χ4v) is 5.84. The number of piperidine rings is 1. The van der Waals surface area contributed by atoms with Gasteiger partial charge in [0.05, 0.1) is 9.77 Å². The Labute approximate surface area is 171 Å². The Morgan fingerprint density at radius 2 is 1.81 bits per heavy atom. The maximum Gasteiger partial charge on any atom is 0.263 e. The van der Waals surface area contributed by atoms with Gasteiger partial charge in [-0.15, -0.1) is 23.7 Å². The largest absolute Gasteiger partial charge is 0.338 e. The molecule has 8 heteroatoms. The van der Waals surface area contributed by atoms with Crippen LogP contribution in [0.2, 0.25) is 0 Å². The topological polar surface area (TPSA) is 66.5 Å². The van der Waals surface area contributed by atoms with Crippen molar-refractivity contribution in [1.82, 2.24) is 10.2 Å². The Morgan fingerprint density at radius 3 is 2.44 bits per heavy atom. The minimum atomic E-state index is -3.56. The lowest BCUT2D eigenvalue weighted by molar-refractivity contribution is 0.0695. The molecule has 0 spiro atoms. The third kappa shape index (κ3) is 5.10. The number of halogens is 1. The van der Waals surface area contributed by atoms with E-state index in [0.29, 0.717) is 10.8 Å². The Kier molecular flexibility index (Phi) is 7.85. The van der Waals surface area contributed by atoms with E-state index in [0.717, 1.165) is 50.4 Å². The second kappa shape index (κ2) is 9.68. The number of hydrogen-bond acceptors (Lipinski definition) is 5. The van der Waals surface area contributed by atoms with Gasteiger partial charge in [0.25, 0.3) is 5.91 Å². The van der Waals surface area contributed by atoms with Crippen LogP contribution in [0.25, 0.3) is 0 Å². The molecule has 1 aliphatic heterocycles. The van der Waals surface area contributed by atoms with Crippen LogP contribution in [0.1, 0.15) is 29.4 Å². The van der Waals surface area contributed by atoms with Crippen molar-refractivity contribution in [2.75, 3.05) is 26.2 Å². The van der Waals surface area contributed by atoms with E-state index in [9.17, 15) is 13.2 Å². The molecule has 1 amide bonds. The van der Waals surface area contributed by atoms with E-state index >= 15 is 0 Å². The Bertz CT molecular complexity index is 845. The number of benzene rings is 1. The molecule has 0 radical (unpaired) electrons. The average molecular weight is 429 g/mol. The third-order valence-electron chi connectivity index (χ3n) is 4.70. The molecule has 0 unspecified atom stereocenters. The summed E-state index contributed by atoms with van der Waals surface area (Å²) in [5, 5.41) is 3.36. The number of thiophene rings is 1. The van der Waals surface area contributed by atoms with Crippen LogP contribution in [0.15, 0.2) is 51.6 Å². The first-order valence-electron chi connectivity index (χ1n) is 8.92. The van der Waals surface area contributed by atoms with E-state index in [4.69, 9.17) is 0 Å². The number of amides is 1. The summed E-state index contributed by atoms with van der Waals surface area (Å²) in [5.74, 6) is 0.544. The van der Waals surface area contributed by atoms with E-state index in [-0.39, 0.29) is 27.4 Å². The number of rotatable bonds is 6. The zero-order valence-electron chi connectivity index (χ0n) is 15.3. The van der Waals surface area contributed by atoms with Crippen LogP contribution in [-0.2, 0) is 9.84 Å². The lowest BCUT2D eigenvalue weighted by Crippen LogP contribution is -2.40. The van der Waals surface area contributed by atoms with Crippen LogP contribution in [-0.4, -0.2) is 45.4 Å². The summed E-state index contributed by atoms with van der Waals surface area (Å²) in [7, 11) is -3.56. The minimum absolute atomic E-state index is 0. The third-order valence-corrected chi connectivity index (χ3v) is 8.03. The molecule has 148 valence electrons. The lowest BCUT2D eigenvalue weighted by atomic mass is 9.96. The summed E-state index contributed by atoms with van der Waals surface area (Å²) < 4.78 is 25.6. The number of carbonyl (C=O) groups is 1. The molecule has 1 N–H and O–H groups in total. The molecule has 0 aliphatic carbocycles. The second-order valence-corrected chi connectivity index (χ2v) is 9.74. The minimum Gasteiger partial charge on any atom is -0.338 e. The van der Waals surface area contributed by atoms with Crippen molar-refractivity contribution in [1.29, 1.82) is 0 Å². The van der Waals surface area contributed by atoms with Crippen molar-refractivity contribution in [3.05, 3.63) is 47.3 Å². The summed E-state index contributed by atoms with van der Waals surface area (Å²) in [6.07, 6.45) is 1.97. The number of hydrogen-bond donors (Lipinski definition) is 1. The standard InChI is InChI=1S/C19H24N2O3S2.ClH/c1-2-20-14-15-10-12-21(13-11-15)19(22)17-8-9-18(25-17)26(23,24)16-6-4-3-5-7-16;/h3-9,15,20H,2,10-14H2,1H3;1H. The number of nitrogens with zero attached hydrogens (tertiary/aromatic N) is 1. The smallest absolute Gasteiger partial charge is 0.263 e. The van der Waals surface area contributed by atoms with Crippen molar-refractivity contribution < 1.29 is 13.2 Å². The van der Waals surface area contributed by atoms with E-state index in [1.165, 1.54) is 6.07 Å². The molecular weight excluding hydrogens is 404 g/mol. The Morgan fingerprint density at radius 1 is 1.15 bits per heavy atom. The molecule has 2 heterocycles. The molecule has 27 heavy (non-hydrogen) atoms. The first-order chi connectivity index (χ1) is 12.5. The van der Waals surface area contributed by atoms with Crippen molar-refractivity contribution in [2.24, 2.45) is 5.92 Å². The number of sulfone groups is 1. The molecule has 1 aromatic heterocycles. The van der Waals surface area contributed by atoms with E-state index in [2.05, 4.69) is 12.2 Å². The van der Waals surface area contributed by atoms with Crippen molar-refractivity contribution >= 4 is 39.5 Å². The highest BCUT2D eigenvalue weighted by Gasteiger charge is 2.26. The second-order valence-electron chi connectivity index (χ2n) is 6.48. The van der Waals surface area contributed by atoms with Gasteiger partial charge in [-0.2, -0.15) is 0 Å².